The highest BCUT2D eigenvalue weighted by atomic mass is 35.5. The highest BCUT2D eigenvalue weighted by Crippen LogP contribution is 2.27. The van der Waals surface area contributed by atoms with Crippen LogP contribution in [0.5, 0.6) is 0 Å². The van der Waals surface area contributed by atoms with Gasteiger partial charge in [0.15, 0.2) is 5.78 Å². The van der Waals surface area contributed by atoms with Crippen molar-refractivity contribution in [2.24, 2.45) is 5.92 Å². The van der Waals surface area contributed by atoms with Crippen LogP contribution in [0.3, 0.4) is 0 Å². The first-order valence-corrected chi connectivity index (χ1v) is 10.1. The van der Waals surface area contributed by atoms with Crippen molar-refractivity contribution in [3.8, 4) is 0 Å². The normalized spacial score (nSPS) is 19.6. The first-order chi connectivity index (χ1) is 11.0. The lowest BCUT2D eigenvalue weighted by molar-refractivity contribution is 0.0872. The summed E-state index contributed by atoms with van der Waals surface area (Å²) in [6, 6.07) is 8.41. The van der Waals surface area contributed by atoms with Crippen molar-refractivity contribution in [1.82, 2.24) is 4.31 Å². The van der Waals surface area contributed by atoms with Gasteiger partial charge in [-0.1, -0.05) is 23.7 Å². The van der Waals surface area contributed by atoms with Crippen molar-refractivity contribution < 1.29 is 13.2 Å². The average molecular weight is 370 g/mol. The van der Waals surface area contributed by atoms with Gasteiger partial charge in [-0.3, -0.25) is 4.79 Å². The predicted molar refractivity (Wildman–Crippen MR) is 91.6 cm³/mol. The van der Waals surface area contributed by atoms with Gasteiger partial charge in [0.05, 0.1) is 4.90 Å². The second kappa shape index (κ2) is 6.73. The monoisotopic (exact) mass is 369 g/mol. The van der Waals surface area contributed by atoms with Crippen molar-refractivity contribution >= 4 is 38.7 Å². The molecule has 2 aromatic rings. The van der Waals surface area contributed by atoms with E-state index in [0.29, 0.717) is 34.9 Å². The van der Waals surface area contributed by atoms with Gasteiger partial charge in [0.2, 0.25) is 10.0 Å². The maximum absolute atomic E-state index is 12.6. The van der Waals surface area contributed by atoms with Crippen LogP contribution in [0.15, 0.2) is 46.0 Å². The Morgan fingerprint density at radius 3 is 2.83 bits per heavy atom. The Bertz CT molecular complexity index is 802. The molecule has 4 nitrogen and oxygen atoms in total. The molecule has 1 aliphatic rings. The molecule has 7 heteroatoms. The molecule has 0 bridgehead atoms. The van der Waals surface area contributed by atoms with Crippen LogP contribution in [-0.4, -0.2) is 31.6 Å². The highest BCUT2D eigenvalue weighted by molar-refractivity contribution is 7.89. The quantitative estimate of drug-likeness (QED) is 0.772. The summed E-state index contributed by atoms with van der Waals surface area (Å²) in [5.41, 5.74) is 0.539. The summed E-state index contributed by atoms with van der Waals surface area (Å²) in [6.07, 6.45) is 1.38. The van der Waals surface area contributed by atoms with Crippen LogP contribution in [0.1, 0.15) is 23.2 Å². The second-order valence-corrected chi connectivity index (χ2v) is 8.69. The third-order valence-corrected chi connectivity index (χ3v) is 6.93. The molecule has 1 atom stereocenters. The van der Waals surface area contributed by atoms with Crippen molar-refractivity contribution in [3.63, 3.8) is 0 Å². The Balaban J connectivity index is 1.80. The van der Waals surface area contributed by atoms with Gasteiger partial charge >= 0.3 is 0 Å². The standard InChI is InChI=1S/C16H16ClNO3S2/c17-14-5-1-3-12(9-14)16(19)13-4-2-7-18(10-13)23(20,21)15-6-8-22-11-15/h1,3,5-6,8-9,11,13H,2,4,7,10H2/t13-/m0/s1. The first kappa shape index (κ1) is 16.6. The van der Waals surface area contributed by atoms with E-state index in [4.69, 9.17) is 11.6 Å². The Hall–Kier alpha value is -1.21. The van der Waals surface area contributed by atoms with Crippen LogP contribution < -0.4 is 0 Å². The summed E-state index contributed by atoms with van der Waals surface area (Å²) in [5, 5.41) is 3.87. The summed E-state index contributed by atoms with van der Waals surface area (Å²) < 4.78 is 26.6. The molecule has 2 heterocycles. The Morgan fingerprint density at radius 2 is 2.13 bits per heavy atom. The molecule has 1 aromatic carbocycles. The summed E-state index contributed by atoms with van der Waals surface area (Å²) in [7, 11) is -3.51. The number of piperidine rings is 1. The molecule has 122 valence electrons. The van der Waals surface area contributed by atoms with Gasteiger partial charge in [0.1, 0.15) is 0 Å². The summed E-state index contributed by atoms with van der Waals surface area (Å²) in [4.78, 5) is 12.9. The fourth-order valence-corrected chi connectivity index (χ4v) is 5.53. The molecule has 1 aliphatic heterocycles. The van der Waals surface area contributed by atoms with Crippen LogP contribution in [0.4, 0.5) is 0 Å². The van der Waals surface area contributed by atoms with Crippen molar-refractivity contribution in [3.05, 3.63) is 51.7 Å². The zero-order valence-electron chi connectivity index (χ0n) is 12.3. The van der Waals surface area contributed by atoms with E-state index in [-0.39, 0.29) is 18.2 Å². The molecule has 0 aliphatic carbocycles. The number of sulfonamides is 1. The maximum Gasteiger partial charge on any atom is 0.243 e. The number of hydrogen-bond acceptors (Lipinski definition) is 4. The highest BCUT2D eigenvalue weighted by Gasteiger charge is 2.33. The van der Waals surface area contributed by atoms with Crippen LogP contribution in [0.2, 0.25) is 5.02 Å². The minimum Gasteiger partial charge on any atom is -0.294 e. The van der Waals surface area contributed by atoms with Crippen LogP contribution >= 0.6 is 22.9 Å². The van der Waals surface area contributed by atoms with E-state index in [1.807, 2.05) is 0 Å². The lowest BCUT2D eigenvalue weighted by atomic mass is 9.91. The van der Waals surface area contributed by atoms with E-state index < -0.39 is 10.0 Å². The number of carbonyl (C=O) groups is 1. The molecule has 0 amide bonds. The molecule has 0 N–H and O–H groups in total. The zero-order chi connectivity index (χ0) is 16.4. The van der Waals surface area contributed by atoms with Gasteiger partial charge in [-0.05, 0) is 36.4 Å². The van der Waals surface area contributed by atoms with Crippen molar-refractivity contribution in [2.45, 2.75) is 17.7 Å². The van der Waals surface area contributed by atoms with Crippen molar-refractivity contribution in [2.75, 3.05) is 13.1 Å². The van der Waals surface area contributed by atoms with Crippen LogP contribution in [0.25, 0.3) is 0 Å². The van der Waals surface area contributed by atoms with Gasteiger partial charge < -0.3 is 0 Å². The van der Waals surface area contributed by atoms with Crippen molar-refractivity contribution in [1.29, 1.82) is 0 Å². The topological polar surface area (TPSA) is 54.5 Å². The van der Waals surface area contributed by atoms with E-state index in [1.165, 1.54) is 15.6 Å². The van der Waals surface area contributed by atoms with E-state index in [9.17, 15) is 13.2 Å². The summed E-state index contributed by atoms with van der Waals surface area (Å²) >= 11 is 7.29. The Morgan fingerprint density at radius 1 is 1.30 bits per heavy atom. The molecule has 3 rings (SSSR count). The molecule has 1 fully saturated rings. The third kappa shape index (κ3) is 3.50. The molecule has 0 unspecified atom stereocenters. The molecule has 23 heavy (non-hydrogen) atoms. The van der Waals surface area contributed by atoms with E-state index >= 15 is 0 Å². The smallest absolute Gasteiger partial charge is 0.243 e. The number of nitrogens with zero attached hydrogens (tertiary/aromatic N) is 1. The number of hydrogen-bond donors (Lipinski definition) is 0. The van der Waals surface area contributed by atoms with Gasteiger partial charge in [-0.25, -0.2) is 8.42 Å². The SMILES string of the molecule is O=C(c1cccc(Cl)c1)[C@H]1CCCN(S(=O)(=O)c2ccsc2)C1. The Labute approximate surface area is 144 Å². The molecular formula is C16H16ClNO3S2. The summed E-state index contributed by atoms with van der Waals surface area (Å²) in [5.74, 6) is -0.367. The summed E-state index contributed by atoms with van der Waals surface area (Å²) in [6.45, 7) is 0.682. The largest absolute Gasteiger partial charge is 0.294 e. The number of carbonyl (C=O) groups excluding carboxylic acids is 1. The molecular weight excluding hydrogens is 354 g/mol. The lowest BCUT2D eigenvalue weighted by Gasteiger charge is -2.31. The number of ketones is 1. The van der Waals surface area contributed by atoms with E-state index in [2.05, 4.69) is 0 Å². The van der Waals surface area contributed by atoms with Gasteiger partial charge in [-0.15, -0.1) is 0 Å². The average Bonchev–Trinajstić information content (AvgIpc) is 3.09. The number of rotatable bonds is 4. The Kier molecular flexibility index (Phi) is 4.87. The second-order valence-electron chi connectivity index (χ2n) is 5.54. The minimum atomic E-state index is -3.51. The number of Topliss-reactive ketones (excluding diaryl/α,β-unsaturated/α-hetero) is 1. The van der Waals surface area contributed by atoms with Crippen LogP contribution in [-0.2, 0) is 10.0 Å². The molecule has 0 saturated carbocycles. The van der Waals surface area contributed by atoms with E-state index in [0.717, 1.165) is 0 Å². The fraction of sp³-hybridized carbons (Fsp3) is 0.312. The van der Waals surface area contributed by atoms with Gasteiger partial charge in [0, 0.05) is 35.0 Å². The number of halogens is 1. The van der Waals surface area contributed by atoms with E-state index in [1.54, 1.807) is 41.1 Å². The zero-order valence-corrected chi connectivity index (χ0v) is 14.7. The third-order valence-electron chi connectivity index (χ3n) is 4.00. The molecule has 1 saturated heterocycles. The molecule has 0 radical (unpaired) electrons. The van der Waals surface area contributed by atoms with Gasteiger partial charge in [-0.2, -0.15) is 15.6 Å². The number of benzene rings is 1. The lowest BCUT2D eigenvalue weighted by Crippen LogP contribution is -2.42. The molecule has 0 spiro atoms. The first-order valence-electron chi connectivity index (χ1n) is 7.30. The van der Waals surface area contributed by atoms with Crippen LogP contribution in [0, 0.1) is 5.92 Å². The maximum atomic E-state index is 12.6. The minimum absolute atomic E-state index is 0.0438. The van der Waals surface area contributed by atoms with Gasteiger partial charge in [0.25, 0.3) is 0 Å². The number of thiophene rings is 1. The predicted octanol–water partition coefficient (Wildman–Crippen LogP) is 3.69. The fourth-order valence-electron chi connectivity index (χ4n) is 2.80. The molecule has 1 aromatic heterocycles.